The van der Waals surface area contributed by atoms with Crippen molar-refractivity contribution in [3.8, 4) is 0 Å². The van der Waals surface area contributed by atoms with Gasteiger partial charge in [0, 0.05) is 12.1 Å². The van der Waals surface area contributed by atoms with Gasteiger partial charge in [0.15, 0.2) is 0 Å². The number of nitrogens with one attached hydrogen (secondary N) is 1. The fraction of sp³-hybridized carbons (Fsp3) is 0.273. The number of hydrogen-bond donors (Lipinski definition) is 3. The SMILES string of the molecule is NC(CCC(=O)O)C(=O)Nc1ccc(Cl)c(F)c1. The number of anilines is 1. The van der Waals surface area contributed by atoms with E-state index in [0.29, 0.717) is 0 Å². The molecule has 0 bridgehead atoms. The molecule has 0 spiro atoms. The van der Waals surface area contributed by atoms with E-state index in [1.165, 1.54) is 12.1 Å². The smallest absolute Gasteiger partial charge is 0.303 e. The van der Waals surface area contributed by atoms with Crippen molar-refractivity contribution in [2.75, 3.05) is 5.32 Å². The summed E-state index contributed by atoms with van der Waals surface area (Å²) in [5, 5.41) is 10.8. The van der Waals surface area contributed by atoms with Crippen LogP contribution in [-0.2, 0) is 9.59 Å². The minimum Gasteiger partial charge on any atom is -0.481 e. The van der Waals surface area contributed by atoms with Crippen LogP contribution < -0.4 is 11.1 Å². The minimum absolute atomic E-state index is 0.0111. The number of rotatable bonds is 5. The first-order valence-electron chi connectivity index (χ1n) is 5.13. The molecule has 1 rings (SSSR count). The average molecular weight is 275 g/mol. The lowest BCUT2D eigenvalue weighted by atomic mass is 10.1. The number of nitrogens with two attached hydrogens (primary N) is 1. The summed E-state index contributed by atoms with van der Waals surface area (Å²) in [6, 6.07) is 2.83. The Kier molecular flexibility index (Phi) is 5.06. The predicted molar refractivity (Wildman–Crippen MR) is 64.9 cm³/mol. The normalized spacial score (nSPS) is 11.9. The molecule has 0 saturated carbocycles. The zero-order valence-electron chi connectivity index (χ0n) is 9.32. The summed E-state index contributed by atoms with van der Waals surface area (Å²) in [5.41, 5.74) is 5.70. The number of carboxylic acids is 1. The Hall–Kier alpha value is -1.66. The number of hydrogen-bond acceptors (Lipinski definition) is 3. The second-order valence-corrected chi connectivity index (χ2v) is 4.06. The van der Waals surface area contributed by atoms with Gasteiger partial charge in [-0.1, -0.05) is 11.6 Å². The number of carbonyl (C=O) groups is 2. The lowest BCUT2D eigenvalue weighted by molar-refractivity contribution is -0.137. The van der Waals surface area contributed by atoms with Crippen molar-refractivity contribution in [1.29, 1.82) is 0 Å². The van der Waals surface area contributed by atoms with Gasteiger partial charge in [-0.05, 0) is 24.6 Å². The molecule has 0 heterocycles. The molecule has 0 aliphatic heterocycles. The van der Waals surface area contributed by atoms with Crippen LogP contribution in [-0.4, -0.2) is 23.0 Å². The molecular formula is C11H12ClFN2O3. The Bertz CT molecular complexity index is 468. The molecule has 0 aromatic heterocycles. The van der Waals surface area contributed by atoms with Crippen molar-refractivity contribution in [2.24, 2.45) is 5.73 Å². The molecule has 1 aromatic rings. The van der Waals surface area contributed by atoms with E-state index in [-0.39, 0.29) is 23.6 Å². The number of benzene rings is 1. The number of halogens is 2. The van der Waals surface area contributed by atoms with E-state index in [2.05, 4.69) is 5.32 Å². The van der Waals surface area contributed by atoms with E-state index < -0.39 is 23.7 Å². The van der Waals surface area contributed by atoms with Gasteiger partial charge in [-0.3, -0.25) is 9.59 Å². The monoisotopic (exact) mass is 274 g/mol. The first-order valence-corrected chi connectivity index (χ1v) is 5.51. The van der Waals surface area contributed by atoms with Crippen molar-refractivity contribution < 1.29 is 19.1 Å². The summed E-state index contributed by atoms with van der Waals surface area (Å²) in [5.74, 6) is -2.26. The molecule has 1 unspecified atom stereocenters. The van der Waals surface area contributed by atoms with Crippen molar-refractivity contribution >= 4 is 29.2 Å². The number of amides is 1. The van der Waals surface area contributed by atoms with E-state index in [1.807, 2.05) is 0 Å². The highest BCUT2D eigenvalue weighted by Gasteiger charge is 2.15. The molecule has 7 heteroatoms. The lowest BCUT2D eigenvalue weighted by Gasteiger charge is -2.11. The van der Waals surface area contributed by atoms with E-state index in [1.54, 1.807) is 0 Å². The Morgan fingerprint density at radius 1 is 1.50 bits per heavy atom. The standard InChI is InChI=1S/C11H12ClFN2O3/c12-7-2-1-6(5-8(7)13)15-11(18)9(14)3-4-10(16)17/h1-2,5,9H,3-4,14H2,(H,15,18)(H,16,17). The second kappa shape index (κ2) is 6.32. The summed E-state index contributed by atoms with van der Waals surface area (Å²) in [6.45, 7) is 0. The highest BCUT2D eigenvalue weighted by atomic mass is 35.5. The quantitative estimate of drug-likeness (QED) is 0.760. The number of carbonyl (C=O) groups excluding carboxylic acids is 1. The van der Waals surface area contributed by atoms with Crippen LogP contribution in [0.2, 0.25) is 5.02 Å². The Balaban J connectivity index is 2.58. The van der Waals surface area contributed by atoms with Crippen LogP contribution >= 0.6 is 11.6 Å². The molecule has 1 aromatic carbocycles. The molecule has 0 saturated heterocycles. The van der Waals surface area contributed by atoms with Gasteiger partial charge in [-0.2, -0.15) is 0 Å². The van der Waals surface area contributed by atoms with Gasteiger partial charge in [0.25, 0.3) is 0 Å². The van der Waals surface area contributed by atoms with E-state index in [0.717, 1.165) is 6.07 Å². The molecule has 18 heavy (non-hydrogen) atoms. The van der Waals surface area contributed by atoms with E-state index in [9.17, 15) is 14.0 Å². The highest BCUT2D eigenvalue weighted by molar-refractivity contribution is 6.30. The maximum Gasteiger partial charge on any atom is 0.303 e. The molecule has 98 valence electrons. The van der Waals surface area contributed by atoms with Crippen LogP contribution in [0.1, 0.15) is 12.8 Å². The summed E-state index contributed by atoms with van der Waals surface area (Å²) in [4.78, 5) is 21.9. The molecule has 4 N–H and O–H groups in total. The van der Waals surface area contributed by atoms with Crippen LogP contribution in [0, 0.1) is 5.82 Å². The summed E-state index contributed by atoms with van der Waals surface area (Å²) in [7, 11) is 0. The van der Waals surface area contributed by atoms with Gasteiger partial charge in [-0.25, -0.2) is 4.39 Å². The third-order valence-corrected chi connectivity index (χ3v) is 2.50. The first-order chi connectivity index (χ1) is 8.40. The Labute approximate surface area is 108 Å². The van der Waals surface area contributed by atoms with Crippen LogP contribution in [0.3, 0.4) is 0 Å². The number of aliphatic carboxylic acids is 1. The summed E-state index contributed by atoms with van der Waals surface area (Å²) in [6.07, 6.45) is -0.194. The van der Waals surface area contributed by atoms with Crippen molar-refractivity contribution in [1.82, 2.24) is 0 Å². The average Bonchev–Trinajstić information content (AvgIpc) is 2.30. The molecule has 0 aliphatic rings. The molecule has 1 atom stereocenters. The molecule has 5 nitrogen and oxygen atoms in total. The van der Waals surface area contributed by atoms with E-state index in [4.69, 9.17) is 22.4 Å². The number of carboxylic acid groups (broad SMARTS) is 1. The van der Waals surface area contributed by atoms with Gasteiger partial charge in [0.05, 0.1) is 11.1 Å². The van der Waals surface area contributed by atoms with Gasteiger partial charge in [0.2, 0.25) is 5.91 Å². The summed E-state index contributed by atoms with van der Waals surface area (Å²) < 4.78 is 13.1. The fourth-order valence-corrected chi connectivity index (χ4v) is 1.34. The Morgan fingerprint density at radius 3 is 2.72 bits per heavy atom. The fourth-order valence-electron chi connectivity index (χ4n) is 1.22. The third-order valence-electron chi connectivity index (χ3n) is 2.19. The van der Waals surface area contributed by atoms with Gasteiger partial charge in [0.1, 0.15) is 5.82 Å². The van der Waals surface area contributed by atoms with E-state index >= 15 is 0 Å². The zero-order chi connectivity index (χ0) is 13.7. The van der Waals surface area contributed by atoms with Crippen LogP contribution in [0.4, 0.5) is 10.1 Å². The molecule has 0 radical (unpaired) electrons. The predicted octanol–water partition coefficient (Wildman–Crippen LogP) is 1.61. The van der Waals surface area contributed by atoms with Gasteiger partial charge in [-0.15, -0.1) is 0 Å². The van der Waals surface area contributed by atoms with Gasteiger partial charge >= 0.3 is 5.97 Å². The molecule has 1 amide bonds. The summed E-state index contributed by atoms with van der Waals surface area (Å²) >= 11 is 5.49. The molecular weight excluding hydrogens is 263 g/mol. The van der Waals surface area contributed by atoms with Crippen LogP contribution in [0.5, 0.6) is 0 Å². The minimum atomic E-state index is -1.03. The zero-order valence-corrected chi connectivity index (χ0v) is 10.1. The second-order valence-electron chi connectivity index (χ2n) is 3.66. The molecule has 0 aliphatic carbocycles. The Morgan fingerprint density at radius 2 is 2.17 bits per heavy atom. The topological polar surface area (TPSA) is 92.4 Å². The largest absolute Gasteiger partial charge is 0.481 e. The van der Waals surface area contributed by atoms with Crippen molar-refractivity contribution in [3.05, 3.63) is 29.0 Å². The van der Waals surface area contributed by atoms with Crippen LogP contribution in [0.25, 0.3) is 0 Å². The third kappa shape index (κ3) is 4.31. The maximum absolute atomic E-state index is 13.1. The lowest BCUT2D eigenvalue weighted by Crippen LogP contribution is -2.36. The first kappa shape index (κ1) is 14.4. The molecule has 0 fully saturated rings. The maximum atomic E-state index is 13.1. The van der Waals surface area contributed by atoms with Crippen LogP contribution in [0.15, 0.2) is 18.2 Å². The van der Waals surface area contributed by atoms with Gasteiger partial charge < -0.3 is 16.2 Å². The van der Waals surface area contributed by atoms with Crippen molar-refractivity contribution in [3.63, 3.8) is 0 Å². The highest BCUT2D eigenvalue weighted by Crippen LogP contribution is 2.18. The van der Waals surface area contributed by atoms with Crippen molar-refractivity contribution in [2.45, 2.75) is 18.9 Å².